The van der Waals surface area contributed by atoms with E-state index in [2.05, 4.69) is 54.7 Å². The lowest BCUT2D eigenvalue weighted by molar-refractivity contribution is 0.100. The molecule has 0 fully saturated rings. The van der Waals surface area contributed by atoms with Gasteiger partial charge in [0.25, 0.3) is 0 Å². The lowest BCUT2D eigenvalue weighted by Crippen LogP contribution is -2.15. The predicted molar refractivity (Wildman–Crippen MR) is 462 cm³/mol. The van der Waals surface area contributed by atoms with Crippen molar-refractivity contribution in [1.82, 2.24) is 54.6 Å². The summed E-state index contributed by atoms with van der Waals surface area (Å²) in [7, 11) is 11.9. The molecular weight excluding hydrogens is 1520 g/mol. The summed E-state index contributed by atoms with van der Waals surface area (Å²) < 4.78 is 16.3. The fourth-order valence-corrected chi connectivity index (χ4v) is 9.80. The average molecular weight is 1620 g/mol. The van der Waals surface area contributed by atoms with Gasteiger partial charge in [-0.3, -0.25) is 39.6 Å². The molecule has 0 aliphatic rings. The second-order valence-electron chi connectivity index (χ2n) is 26.6. The molecule has 11 rings (SSSR count). The molecule has 11 aromatic rings. The summed E-state index contributed by atoms with van der Waals surface area (Å²) in [6.07, 6.45) is 15.8. The Hall–Kier alpha value is -13.7. The first-order valence-electron chi connectivity index (χ1n) is 37.0. The molecule has 1 atom stereocenters. The van der Waals surface area contributed by atoms with Gasteiger partial charge in [-0.15, -0.1) is 12.4 Å². The number of nitrogens with two attached hydrogens (primary N) is 1. The molecule has 0 radical (unpaired) electrons. The maximum Gasteiger partial charge on any atom is 0.213 e. The van der Waals surface area contributed by atoms with Gasteiger partial charge in [-0.2, -0.15) is 5.26 Å². The molecule has 0 aliphatic heterocycles. The third kappa shape index (κ3) is 35.4. The smallest absolute Gasteiger partial charge is 0.213 e. The van der Waals surface area contributed by atoms with Crippen molar-refractivity contribution in [3.63, 3.8) is 0 Å². The number of nitrogens with zero attached hydrogens (tertiary/aromatic N) is 13. The number of aliphatic imine (C=N–C) groups is 1. The minimum absolute atomic E-state index is 0. The van der Waals surface area contributed by atoms with Gasteiger partial charge in [-0.1, -0.05) is 115 Å². The molecule has 0 saturated heterocycles. The van der Waals surface area contributed by atoms with Crippen LogP contribution in [-0.2, 0) is 4.74 Å². The Bertz CT molecular complexity index is 5130. The van der Waals surface area contributed by atoms with Gasteiger partial charge in [0.15, 0.2) is 75.2 Å². The van der Waals surface area contributed by atoms with Crippen molar-refractivity contribution >= 4 is 70.9 Å². The fourth-order valence-electron chi connectivity index (χ4n) is 9.80. The summed E-state index contributed by atoms with van der Waals surface area (Å²) in [5.74, 6) is 3.75. The molecule has 0 saturated carbocycles. The summed E-state index contributed by atoms with van der Waals surface area (Å²) in [5, 5.41) is 41.9. The van der Waals surface area contributed by atoms with E-state index in [0.717, 1.165) is 53.7 Å². The number of nitrogen functional groups attached to an aromatic ring is 1. The first-order valence-corrected chi connectivity index (χ1v) is 37.0. The second-order valence-corrected chi connectivity index (χ2v) is 26.6. The predicted octanol–water partition coefficient (Wildman–Crippen LogP) is 15.4. The molecule has 1 unspecified atom stereocenters. The molecule has 27 nitrogen and oxygen atoms in total. The lowest BCUT2D eigenvalue weighted by Gasteiger charge is -2.10. The normalized spacial score (nSPS) is 10.4. The molecule has 0 aliphatic carbocycles. The van der Waals surface area contributed by atoms with Crippen molar-refractivity contribution in [2.75, 3.05) is 75.2 Å². The largest absolute Gasteiger partial charge is 0.505 e. The van der Waals surface area contributed by atoms with Crippen LogP contribution < -0.4 is 15.2 Å². The van der Waals surface area contributed by atoms with E-state index in [0.29, 0.717) is 110 Å². The Morgan fingerprint density at radius 2 is 0.797 bits per heavy atom. The number of halogens is 1. The summed E-state index contributed by atoms with van der Waals surface area (Å²) in [5.41, 5.74) is 15.5. The Kier molecular flexibility index (Phi) is 42.0. The number of amidine groups is 1. The van der Waals surface area contributed by atoms with Gasteiger partial charge in [0.05, 0.1) is 93.5 Å². The van der Waals surface area contributed by atoms with Crippen molar-refractivity contribution in [2.45, 2.75) is 74.3 Å². The van der Waals surface area contributed by atoms with Crippen molar-refractivity contribution in [3.8, 4) is 68.9 Å². The van der Waals surface area contributed by atoms with Crippen LogP contribution in [0, 0.1) is 22.1 Å². The van der Waals surface area contributed by atoms with Crippen LogP contribution in [0.25, 0.3) is 45.6 Å². The number of hydrogen-bond acceptors (Lipinski definition) is 25. The first-order chi connectivity index (χ1) is 55.8. The standard InChI is InChI=1S/C17H23N3O2.C17H21N3O2.C15H16N4O.C12H10N2O2.C11H13NO2.C9H10N2O.C9H7NO.ClH/c2*1-13(21)14-6-4-7-15(10-14)17-18-11-16(12-19-17)22-9-5-8-20(2)3;1-11(20)12-5-4-6-13(7-12)15-16-8-14(9-17-15)18-10-19(2)3;1-8(15)9-3-2-4-10(5-9)12-13-6-11(16)7-14-12;1-3-14-11(12)10-6-4-5-9(7-10)8(2)13;1-6(12)7-3-2-4-8(5-7)9(10)11;1-7(11)9-4-2-3-8(5-9)6-10;/h4,6-7,10-13,21H,5,8-9H2,1-3H3;4,6-7,10-12H,5,8-9H2,1-3H3;4-10H,1-3H3;2-7,16H,1H3;4-7,12H,3H2,1-2H3;2-5H,1H3,(H3,10,11);2-5H,1H3;1H. The molecule has 6 N–H and O–H groups in total. The van der Waals surface area contributed by atoms with E-state index in [-0.39, 0.29) is 64.6 Å². The molecule has 0 spiro atoms. The number of aliphatic hydroxyl groups is 1. The van der Waals surface area contributed by atoms with E-state index < -0.39 is 6.10 Å². The maximum atomic E-state index is 11.4. The van der Waals surface area contributed by atoms with E-state index >= 15 is 0 Å². The van der Waals surface area contributed by atoms with Crippen LogP contribution in [-0.4, -0.2) is 193 Å². The van der Waals surface area contributed by atoms with E-state index in [9.17, 15) is 33.9 Å². The highest BCUT2D eigenvalue weighted by atomic mass is 35.5. The van der Waals surface area contributed by atoms with Crippen molar-refractivity contribution < 1.29 is 53.2 Å². The van der Waals surface area contributed by atoms with E-state index in [1.54, 1.807) is 180 Å². The van der Waals surface area contributed by atoms with Crippen LogP contribution in [0.5, 0.6) is 17.2 Å². The Balaban J connectivity index is 0.000000293. The monoisotopic (exact) mass is 1620 g/mol. The van der Waals surface area contributed by atoms with E-state index in [4.69, 9.17) is 41.1 Å². The number of Topliss-reactive ketones (excluding diaryl/α,β-unsaturated/α-hetero) is 6. The molecular formula is C90H101ClN16O11. The van der Waals surface area contributed by atoms with Crippen LogP contribution >= 0.6 is 12.4 Å². The Morgan fingerprint density at radius 3 is 1.15 bits per heavy atom. The molecule has 28 heteroatoms. The van der Waals surface area contributed by atoms with Crippen LogP contribution in [0.4, 0.5) is 5.69 Å². The molecule has 4 heterocycles. The highest BCUT2D eigenvalue weighted by molar-refractivity contribution is 6.01. The van der Waals surface area contributed by atoms with Crippen LogP contribution in [0.3, 0.4) is 0 Å². The number of nitrogens with one attached hydrogen (secondary N) is 2. The molecule has 614 valence electrons. The lowest BCUT2D eigenvalue weighted by atomic mass is 10.1. The van der Waals surface area contributed by atoms with Crippen LogP contribution in [0.15, 0.2) is 224 Å². The summed E-state index contributed by atoms with van der Waals surface area (Å²) >= 11 is 0. The molecule has 0 bridgehead atoms. The second kappa shape index (κ2) is 51.2. The highest BCUT2D eigenvalue weighted by Crippen LogP contribution is 2.24. The Labute approximate surface area is 695 Å². The third-order valence-electron chi connectivity index (χ3n) is 16.0. The number of benzene rings is 7. The van der Waals surface area contributed by atoms with Gasteiger partial charge in [0, 0.05) is 93.9 Å². The number of carbonyl (C=O) groups excluding carboxylic acids is 6. The van der Waals surface area contributed by atoms with Gasteiger partial charge in [0.1, 0.15) is 11.5 Å². The zero-order chi connectivity index (χ0) is 85.9. The number of carbonyl (C=O) groups is 6. The molecule has 4 aromatic heterocycles. The van der Waals surface area contributed by atoms with Gasteiger partial charge in [-0.05, 0) is 157 Å². The Morgan fingerprint density at radius 1 is 0.475 bits per heavy atom. The van der Waals surface area contributed by atoms with Crippen molar-refractivity contribution in [1.29, 1.82) is 16.1 Å². The summed E-state index contributed by atoms with van der Waals surface area (Å²) in [4.78, 5) is 111. The van der Waals surface area contributed by atoms with Gasteiger partial charge in [0.2, 0.25) is 5.90 Å². The minimum Gasteiger partial charge on any atom is -0.505 e. The minimum atomic E-state index is -0.501. The number of rotatable bonds is 26. The van der Waals surface area contributed by atoms with E-state index in [1.807, 2.05) is 115 Å². The van der Waals surface area contributed by atoms with E-state index in [1.165, 1.54) is 40.1 Å². The van der Waals surface area contributed by atoms with Gasteiger partial charge >= 0.3 is 0 Å². The zero-order valence-electron chi connectivity index (χ0n) is 68.8. The van der Waals surface area contributed by atoms with Crippen molar-refractivity contribution in [2.24, 2.45) is 10.7 Å². The number of aromatic nitrogens is 8. The zero-order valence-corrected chi connectivity index (χ0v) is 69.6. The average Bonchev–Trinajstić information content (AvgIpc) is 0.860. The highest BCUT2D eigenvalue weighted by Gasteiger charge is 2.12. The first kappa shape index (κ1) is 96.7. The quantitative estimate of drug-likeness (QED) is 0.0145. The van der Waals surface area contributed by atoms with Crippen LogP contribution in [0.1, 0.15) is 159 Å². The molecule has 118 heavy (non-hydrogen) atoms. The van der Waals surface area contributed by atoms with Gasteiger partial charge in [-0.25, -0.2) is 44.9 Å². The fraction of sp³-hybridized carbons (Fsp3) is 0.244. The molecule has 7 aromatic carbocycles. The van der Waals surface area contributed by atoms with Gasteiger partial charge < -0.3 is 44.9 Å². The number of hydrogen-bond donors (Lipinski definition) is 5. The number of ether oxygens (including phenoxy) is 3. The summed E-state index contributed by atoms with van der Waals surface area (Å²) in [6.45, 7) is 16.4. The van der Waals surface area contributed by atoms with Crippen molar-refractivity contribution in [3.05, 3.63) is 275 Å². The maximum absolute atomic E-state index is 11.4. The topological polar surface area (TPSA) is 393 Å². The number of nitriles is 1. The third-order valence-corrected chi connectivity index (χ3v) is 16.0. The molecule has 0 amide bonds. The number of aromatic hydroxyl groups is 1. The number of aliphatic hydroxyl groups excluding tert-OH is 1. The SMILES string of the molecule is CC(=O)c1cccc(-c2ncc(N=CN(C)C)cn2)c1.CC(=O)c1cccc(-c2ncc(O)cn2)c1.CC(=O)c1cccc(-c2ncc(OCCCN(C)C)cn2)c1.CC(=O)c1cccc(C#N)c1.CC(=O)c1cccc(C(=N)N)c1.CC(O)c1cccc(-c2ncc(OCCCN(C)C)cn2)c1.CCOC(=N)c1cccc(C(C)=O)c1.Cl. The van der Waals surface area contributed by atoms with Crippen LogP contribution in [0.2, 0.25) is 0 Å². The number of ketones is 6. The summed E-state index contributed by atoms with van der Waals surface area (Å²) in [6, 6.07) is 51.5.